The minimum Gasteiger partial charge on any atom is -0.550 e. The van der Waals surface area contributed by atoms with Crippen molar-refractivity contribution in [3.05, 3.63) is 28.7 Å². The van der Waals surface area contributed by atoms with E-state index in [-0.39, 0.29) is 18.9 Å². The number of hydrogen-bond donors (Lipinski definition) is 0. The summed E-state index contributed by atoms with van der Waals surface area (Å²) in [5, 5.41) is 10.6. The molecule has 0 N–H and O–H groups in total. The first kappa shape index (κ1) is 20.3. The van der Waals surface area contributed by atoms with Crippen molar-refractivity contribution in [1.82, 2.24) is 4.90 Å². The van der Waals surface area contributed by atoms with Crippen molar-refractivity contribution in [3.8, 4) is 11.5 Å². The number of benzene rings is 1. The van der Waals surface area contributed by atoms with Crippen LogP contribution in [0.5, 0.6) is 11.5 Å². The molecule has 1 aliphatic heterocycles. The number of aliphatic carboxylic acids is 1. The average Bonchev–Trinajstić information content (AvgIpc) is 2.85. The molecule has 1 aromatic carbocycles. The van der Waals surface area contributed by atoms with Crippen LogP contribution in [-0.4, -0.2) is 41.4 Å². The lowest BCUT2D eigenvalue weighted by molar-refractivity contribution is -0.305. The number of carboxylic acids is 1. The number of hydrogen-bond acceptors (Lipinski definition) is 7. The third-order valence-electron chi connectivity index (χ3n) is 3.47. The fourth-order valence-corrected chi connectivity index (χ4v) is 3.51. The lowest BCUT2D eigenvalue weighted by atomic mass is 10.1. The van der Waals surface area contributed by atoms with E-state index in [1.165, 1.54) is 4.90 Å². The largest absolute Gasteiger partial charge is 0.550 e. The number of carbonyl (C=O) groups excluding carboxylic acids is 2. The molecule has 0 spiro atoms. The van der Waals surface area contributed by atoms with Gasteiger partial charge in [-0.2, -0.15) is 0 Å². The molecule has 1 amide bonds. The number of thioether (sulfide) groups is 1. The highest BCUT2D eigenvalue weighted by molar-refractivity contribution is 8.26. The summed E-state index contributed by atoms with van der Waals surface area (Å²) in [6, 6.07) is 5.40. The highest BCUT2D eigenvalue weighted by Gasteiger charge is 2.31. The second kappa shape index (κ2) is 9.05. The third-order valence-corrected chi connectivity index (χ3v) is 4.85. The van der Waals surface area contributed by atoms with Crippen LogP contribution >= 0.6 is 24.0 Å². The molecule has 6 nitrogen and oxygen atoms in total. The Morgan fingerprint density at radius 2 is 2.12 bits per heavy atom. The predicted octanol–water partition coefficient (Wildman–Crippen LogP) is 2.07. The first-order valence-corrected chi connectivity index (χ1v) is 9.30. The summed E-state index contributed by atoms with van der Waals surface area (Å²) in [5.41, 5.74) is 0.763. The van der Waals surface area contributed by atoms with Gasteiger partial charge in [-0.05, 0) is 29.7 Å². The lowest BCUT2D eigenvalue weighted by Gasteiger charge is -2.14. The third kappa shape index (κ3) is 5.22. The summed E-state index contributed by atoms with van der Waals surface area (Å²) >= 11 is 6.30. The van der Waals surface area contributed by atoms with Crippen LogP contribution in [0.25, 0.3) is 6.08 Å². The molecule has 0 unspecified atom stereocenters. The van der Waals surface area contributed by atoms with E-state index in [0.717, 1.165) is 17.3 Å². The van der Waals surface area contributed by atoms with Crippen LogP contribution in [0.15, 0.2) is 23.1 Å². The van der Waals surface area contributed by atoms with Crippen LogP contribution in [0.4, 0.5) is 0 Å². The Morgan fingerprint density at radius 3 is 2.73 bits per heavy atom. The van der Waals surface area contributed by atoms with E-state index in [1.807, 2.05) is 6.07 Å². The molecular weight excluding hydrogens is 374 g/mol. The summed E-state index contributed by atoms with van der Waals surface area (Å²) in [5.74, 6) is 0.0822. The van der Waals surface area contributed by atoms with Crippen molar-refractivity contribution < 1.29 is 24.2 Å². The first-order chi connectivity index (χ1) is 12.3. The zero-order valence-electron chi connectivity index (χ0n) is 14.8. The van der Waals surface area contributed by atoms with E-state index >= 15 is 0 Å². The standard InChI is InChI=1S/C18H21NO5S2/c1-11(2)10-24-13-5-4-12(8-14(13)23-3)9-15-17(22)19(18(25)26-15)7-6-16(20)21/h4-5,8-9,11H,6-7,10H2,1-3H3,(H,20,21)/p-1/b15-9-. The number of amides is 1. The number of nitrogens with zero attached hydrogens (tertiary/aromatic N) is 1. The van der Waals surface area contributed by atoms with Crippen LogP contribution in [0.2, 0.25) is 0 Å². The minimum atomic E-state index is -1.22. The van der Waals surface area contributed by atoms with Crippen LogP contribution in [0, 0.1) is 5.92 Å². The van der Waals surface area contributed by atoms with Crippen molar-refractivity contribution in [2.75, 3.05) is 20.3 Å². The summed E-state index contributed by atoms with van der Waals surface area (Å²) in [7, 11) is 1.56. The van der Waals surface area contributed by atoms with Crippen molar-refractivity contribution in [2.24, 2.45) is 5.92 Å². The highest BCUT2D eigenvalue weighted by Crippen LogP contribution is 2.34. The van der Waals surface area contributed by atoms with E-state index in [2.05, 4.69) is 13.8 Å². The van der Waals surface area contributed by atoms with Gasteiger partial charge in [0.2, 0.25) is 0 Å². The van der Waals surface area contributed by atoms with Gasteiger partial charge in [0.05, 0.1) is 18.6 Å². The Kier molecular flexibility index (Phi) is 7.05. The maximum atomic E-state index is 12.4. The van der Waals surface area contributed by atoms with E-state index < -0.39 is 5.97 Å². The molecule has 0 saturated carbocycles. The Bertz CT molecular complexity index is 745. The van der Waals surface area contributed by atoms with E-state index in [9.17, 15) is 14.7 Å². The minimum absolute atomic E-state index is 0.00956. The van der Waals surface area contributed by atoms with Crippen molar-refractivity contribution in [1.29, 1.82) is 0 Å². The van der Waals surface area contributed by atoms with Gasteiger partial charge in [0, 0.05) is 18.9 Å². The van der Waals surface area contributed by atoms with Gasteiger partial charge in [-0.3, -0.25) is 9.69 Å². The molecule has 0 aromatic heterocycles. The van der Waals surface area contributed by atoms with Gasteiger partial charge in [0.15, 0.2) is 11.5 Å². The molecule has 1 aromatic rings. The number of rotatable bonds is 8. The number of carboxylic acid groups (broad SMARTS) is 1. The Hall–Kier alpha value is -2.06. The molecule has 0 atom stereocenters. The molecule has 8 heteroatoms. The normalized spacial score (nSPS) is 15.8. The molecule has 2 rings (SSSR count). The second-order valence-corrected chi connectivity index (χ2v) is 7.75. The van der Waals surface area contributed by atoms with Crippen LogP contribution in [0.1, 0.15) is 25.8 Å². The van der Waals surface area contributed by atoms with Crippen molar-refractivity contribution >= 4 is 46.3 Å². The summed E-state index contributed by atoms with van der Waals surface area (Å²) in [6.45, 7) is 4.70. The van der Waals surface area contributed by atoms with Crippen LogP contribution < -0.4 is 14.6 Å². The van der Waals surface area contributed by atoms with Crippen molar-refractivity contribution in [3.63, 3.8) is 0 Å². The zero-order valence-corrected chi connectivity index (χ0v) is 16.4. The lowest BCUT2D eigenvalue weighted by Crippen LogP contribution is -2.33. The maximum Gasteiger partial charge on any atom is 0.266 e. The Balaban J connectivity index is 2.17. The number of ether oxygens (including phenoxy) is 2. The SMILES string of the molecule is COc1cc(/C=C2\SC(=S)N(CCC(=O)[O-])C2=O)ccc1OCC(C)C. The number of carbonyl (C=O) groups is 2. The molecule has 1 saturated heterocycles. The van der Waals surface area contributed by atoms with Gasteiger partial charge in [-0.25, -0.2) is 0 Å². The van der Waals surface area contributed by atoms with Gasteiger partial charge in [-0.15, -0.1) is 0 Å². The van der Waals surface area contributed by atoms with Gasteiger partial charge in [0.1, 0.15) is 4.32 Å². The topological polar surface area (TPSA) is 78.9 Å². The average molecular weight is 394 g/mol. The highest BCUT2D eigenvalue weighted by atomic mass is 32.2. The quantitative estimate of drug-likeness (QED) is 0.493. The Labute approximate surface area is 162 Å². The Morgan fingerprint density at radius 1 is 1.38 bits per heavy atom. The van der Waals surface area contributed by atoms with Gasteiger partial charge < -0.3 is 19.4 Å². The number of methoxy groups -OCH3 is 1. The van der Waals surface area contributed by atoms with E-state index in [4.69, 9.17) is 21.7 Å². The monoisotopic (exact) mass is 394 g/mol. The predicted molar refractivity (Wildman–Crippen MR) is 103 cm³/mol. The molecule has 0 radical (unpaired) electrons. The molecule has 26 heavy (non-hydrogen) atoms. The molecule has 0 aliphatic carbocycles. The van der Waals surface area contributed by atoms with Gasteiger partial charge in [0.25, 0.3) is 5.91 Å². The fraction of sp³-hybridized carbons (Fsp3) is 0.389. The number of thiocarbonyl (C=S) groups is 1. The molecule has 1 fully saturated rings. The maximum absolute atomic E-state index is 12.4. The van der Waals surface area contributed by atoms with Gasteiger partial charge >= 0.3 is 0 Å². The van der Waals surface area contributed by atoms with Crippen molar-refractivity contribution in [2.45, 2.75) is 20.3 Å². The van der Waals surface area contributed by atoms with Crippen LogP contribution in [0.3, 0.4) is 0 Å². The summed E-state index contributed by atoms with van der Waals surface area (Å²) in [6.07, 6.45) is 1.45. The summed E-state index contributed by atoms with van der Waals surface area (Å²) in [4.78, 5) is 24.7. The smallest absolute Gasteiger partial charge is 0.266 e. The van der Waals surface area contributed by atoms with Gasteiger partial charge in [-0.1, -0.05) is 43.9 Å². The molecule has 1 heterocycles. The van der Waals surface area contributed by atoms with E-state index in [1.54, 1.807) is 25.3 Å². The summed E-state index contributed by atoms with van der Waals surface area (Å²) < 4.78 is 11.4. The molecular formula is C18H20NO5S2-. The first-order valence-electron chi connectivity index (χ1n) is 8.08. The zero-order chi connectivity index (χ0) is 19.3. The van der Waals surface area contributed by atoms with E-state index in [0.29, 0.717) is 33.2 Å². The fourth-order valence-electron chi connectivity index (χ4n) is 2.20. The molecule has 1 aliphatic rings. The molecule has 140 valence electrons. The second-order valence-electron chi connectivity index (χ2n) is 6.07. The van der Waals surface area contributed by atoms with Crippen LogP contribution in [-0.2, 0) is 9.59 Å². The molecule has 0 bridgehead atoms.